The minimum atomic E-state index is 0.356. The Kier molecular flexibility index (Phi) is 3.19. The molecule has 0 amide bonds. The molecule has 2 heterocycles. The van der Waals surface area contributed by atoms with Crippen molar-refractivity contribution in [1.29, 1.82) is 0 Å². The summed E-state index contributed by atoms with van der Waals surface area (Å²) in [6.45, 7) is 3.25. The van der Waals surface area contributed by atoms with E-state index in [1.165, 1.54) is 12.8 Å². The molecule has 1 aromatic rings. The highest BCUT2D eigenvalue weighted by atomic mass is 16.4. The Balaban J connectivity index is 2.00. The molecule has 1 N–H and O–H groups in total. The third-order valence-electron chi connectivity index (χ3n) is 2.68. The first kappa shape index (κ1) is 9.71. The van der Waals surface area contributed by atoms with Crippen molar-refractivity contribution in [2.24, 2.45) is 0 Å². The molecule has 14 heavy (non-hydrogen) atoms. The Bertz CT molecular complexity index is 277. The summed E-state index contributed by atoms with van der Waals surface area (Å²) in [4.78, 5) is 4.33. The highest BCUT2D eigenvalue weighted by molar-refractivity contribution is 4.99. The van der Waals surface area contributed by atoms with E-state index in [1.54, 1.807) is 0 Å². The molecule has 0 saturated carbocycles. The maximum Gasteiger partial charge on any atom is 0.211 e. The summed E-state index contributed by atoms with van der Waals surface area (Å²) in [5.74, 6) is 1.91. The fraction of sp³-hybridized carbons (Fsp3) is 0.727. The quantitative estimate of drug-likeness (QED) is 0.803. The molecular formula is C11H18N2O. The standard InChI is InChI=1S/C11H18N2O/c1-2-5-9-8-13-11(14-9)10-6-3-4-7-12-10/h8,10,12H,2-7H2,1H3. The van der Waals surface area contributed by atoms with Crippen LogP contribution < -0.4 is 5.32 Å². The van der Waals surface area contributed by atoms with Crippen molar-refractivity contribution in [1.82, 2.24) is 10.3 Å². The minimum Gasteiger partial charge on any atom is -0.444 e. The van der Waals surface area contributed by atoms with Crippen molar-refractivity contribution in [2.45, 2.75) is 45.1 Å². The Morgan fingerprint density at radius 3 is 3.21 bits per heavy atom. The number of oxazole rings is 1. The Labute approximate surface area is 84.9 Å². The fourth-order valence-corrected chi connectivity index (χ4v) is 1.91. The van der Waals surface area contributed by atoms with Crippen LogP contribution in [-0.2, 0) is 6.42 Å². The number of piperidine rings is 1. The van der Waals surface area contributed by atoms with Crippen molar-refractivity contribution in [3.05, 3.63) is 17.8 Å². The van der Waals surface area contributed by atoms with Gasteiger partial charge in [0.05, 0.1) is 12.2 Å². The van der Waals surface area contributed by atoms with Gasteiger partial charge in [-0.05, 0) is 25.8 Å². The van der Waals surface area contributed by atoms with Crippen molar-refractivity contribution >= 4 is 0 Å². The van der Waals surface area contributed by atoms with Gasteiger partial charge in [0.25, 0.3) is 0 Å². The summed E-state index contributed by atoms with van der Waals surface area (Å²) in [5, 5.41) is 3.43. The molecule has 1 unspecified atom stereocenters. The van der Waals surface area contributed by atoms with Crippen LogP contribution in [0.4, 0.5) is 0 Å². The second-order valence-corrected chi connectivity index (χ2v) is 3.92. The molecular weight excluding hydrogens is 176 g/mol. The van der Waals surface area contributed by atoms with Crippen LogP contribution >= 0.6 is 0 Å². The van der Waals surface area contributed by atoms with Crippen LogP contribution in [0.1, 0.15) is 50.3 Å². The number of hydrogen-bond acceptors (Lipinski definition) is 3. The lowest BCUT2D eigenvalue weighted by molar-refractivity contribution is 0.329. The SMILES string of the molecule is CCCc1cnc(C2CCCCN2)o1. The number of aromatic nitrogens is 1. The third kappa shape index (κ3) is 2.15. The molecule has 1 aliphatic heterocycles. The lowest BCUT2D eigenvalue weighted by Crippen LogP contribution is -2.26. The van der Waals surface area contributed by atoms with E-state index < -0.39 is 0 Å². The largest absolute Gasteiger partial charge is 0.444 e. The van der Waals surface area contributed by atoms with E-state index in [4.69, 9.17) is 4.42 Å². The second kappa shape index (κ2) is 4.60. The van der Waals surface area contributed by atoms with Crippen LogP contribution in [0.5, 0.6) is 0 Å². The van der Waals surface area contributed by atoms with Gasteiger partial charge in [-0.2, -0.15) is 0 Å². The van der Waals surface area contributed by atoms with Gasteiger partial charge in [0.2, 0.25) is 5.89 Å². The summed E-state index contributed by atoms with van der Waals surface area (Å²) in [7, 11) is 0. The lowest BCUT2D eigenvalue weighted by atomic mass is 10.1. The number of hydrogen-bond donors (Lipinski definition) is 1. The van der Waals surface area contributed by atoms with Gasteiger partial charge >= 0.3 is 0 Å². The molecule has 0 aromatic carbocycles. The second-order valence-electron chi connectivity index (χ2n) is 3.92. The van der Waals surface area contributed by atoms with Gasteiger partial charge in [-0.25, -0.2) is 4.98 Å². The zero-order chi connectivity index (χ0) is 9.80. The molecule has 2 rings (SSSR count). The number of nitrogens with zero attached hydrogens (tertiary/aromatic N) is 1. The smallest absolute Gasteiger partial charge is 0.211 e. The Morgan fingerprint density at radius 1 is 1.57 bits per heavy atom. The Hall–Kier alpha value is -0.830. The molecule has 0 aliphatic carbocycles. The molecule has 1 aliphatic rings. The zero-order valence-electron chi connectivity index (χ0n) is 8.75. The van der Waals surface area contributed by atoms with Crippen molar-refractivity contribution in [3.8, 4) is 0 Å². The molecule has 0 spiro atoms. The molecule has 1 saturated heterocycles. The monoisotopic (exact) mass is 194 g/mol. The molecule has 0 radical (unpaired) electrons. The van der Waals surface area contributed by atoms with Crippen molar-refractivity contribution in [2.75, 3.05) is 6.54 Å². The summed E-state index contributed by atoms with van der Waals surface area (Å²) >= 11 is 0. The van der Waals surface area contributed by atoms with Crippen LogP contribution in [0.3, 0.4) is 0 Å². The van der Waals surface area contributed by atoms with Gasteiger partial charge in [0.1, 0.15) is 5.76 Å². The number of aryl methyl sites for hydroxylation is 1. The van der Waals surface area contributed by atoms with E-state index in [2.05, 4.69) is 17.2 Å². The van der Waals surface area contributed by atoms with Crippen molar-refractivity contribution < 1.29 is 4.42 Å². The third-order valence-corrected chi connectivity index (χ3v) is 2.68. The van der Waals surface area contributed by atoms with E-state index in [0.717, 1.165) is 37.5 Å². The molecule has 0 bridgehead atoms. The van der Waals surface area contributed by atoms with Gasteiger partial charge in [0.15, 0.2) is 0 Å². The van der Waals surface area contributed by atoms with Gasteiger partial charge < -0.3 is 9.73 Å². The minimum absolute atomic E-state index is 0.356. The van der Waals surface area contributed by atoms with Crippen LogP contribution in [0, 0.1) is 0 Å². The van der Waals surface area contributed by atoms with Gasteiger partial charge in [-0.1, -0.05) is 13.3 Å². The van der Waals surface area contributed by atoms with E-state index in [-0.39, 0.29) is 0 Å². The van der Waals surface area contributed by atoms with Crippen LogP contribution in [-0.4, -0.2) is 11.5 Å². The van der Waals surface area contributed by atoms with E-state index in [0.29, 0.717) is 6.04 Å². The molecule has 3 nitrogen and oxygen atoms in total. The summed E-state index contributed by atoms with van der Waals surface area (Å²) in [6, 6.07) is 0.356. The summed E-state index contributed by atoms with van der Waals surface area (Å²) in [5.41, 5.74) is 0. The maximum absolute atomic E-state index is 5.69. The first-order valence-corrected chi connectivity index (χ1v) is 5.58. The first-order chi connectivity index (χ1) is 6.90. The van der Waals surface area contributed by atoms with Gasteiger partial charge in [0, 0.05) is 6.42 Å². The lowest BCUT2D eigenvalue weighted by Gasteiger charge is -2.20. The predicted octanol–water partition coefficient (Wildman–Crippen LogP) is 2.44. The normalized spacial score (nSPS) is 22.5. The Morgan fingerprint density at radius 2 is 2.50 bits per heavy atom. The van der Waals surface area contributed by atoms with Crippen LogP contribution in [0.25, 0.3) is 0 Å². The van der Waals surface area contributed by atoms with E-state index in [9.17, 15) is 0 Å². The highest BCUT2D eigenvalue weighted by Gasteiger charge is 2.19. The van der Waals surface area contributed by atoms with Crippen LogP contribution in [0.2, 0.25) is 0 Å². The molecule has 1 atom stereocenters. The predicted molar refractivity (Wildman–Crippen MR) is 55.1 cm³/mol. The van der Waals surface area contributed by atoms with Crippen LogP contribution in [0.15, 0.2) is 10.6 Å². The van der Waals surface area contributed by atoms with E-state index in [1.807, 2.05) is 6.20 Å². The van der Waals surface area contributed by atoms with Crippen molar-refractivity contribution in [3.63, 3.8) is 0 Å². The average molecular weight is 194 g/mol. The molecule has 78 valence electrons. The fourth-order valence-electron chi connectivity index (χ4n) is 1.91. The molecule has 1 fully saturated rings. The average Bonchev–Trinajstić information content (AvgIpc) is 2.68. The summed E-state index contributed by atoms with van der Waals surface area (Å²) in [6.07, 6.45) is 7.70. The summed E-state index contributed by atoms with van der Waals surface area (Å²) < 4.78 is 5.69. The molecule has 3 heteroatoms. The topological polar surface area (TPSA) is 38.1 Å². The number of rotatable bonds is 3. The molecule has 1 aromatic heterocycles. The van der Waals surface area contributed by atoms with Gasteiger partial charge in [-0.3, -0.25) is 0 Å². The highest BCUT2D eigenvalue weighted by Crippen LogP contribution is 2.22. The zero-order valence-corrected chi connectivity index (χ0v) is 8.75. The maximum atomic E-state index is 5.69. The first-order valence-electron chi connectivity index (χ1n) is 5.58. The van der Waals surface area contributed by atoms with Gasteiger partial charge in [-0.15, -0.1) is 0 Å². The van der Waals surface area contributed by atoms with E-state index >= 15 is 0 Å². The number of nitrogens with one attached hydrogen (secondary N) is 1.